The van der Waals surface area contributed by atoms with E-state index in [2.05, 4.69) is 0 Å². The van der Waals surface area contributed by atoms with Crippen molar-refractivity contribution in [2.45, 2.75) is 5.88 Å². The fourth-order valence-corrected chi connectivity index (χ4v) is 2.54. The maximum atomic E-state index is 11.1. The van der Waals surface area contributed by atoms with Gasteiger partial charge in [0, 0.05) is 11.9 Å². The molecule has 106 valence electrons. The lowest BCUT2D eigenvalue weighted by Crippen LogP contribution is -1.97. The Kier molecular flexibility index (Phi) is 4.98. The molecule has 0 radical (unpaired) electrons. The smallest absolute Gasteiger partial charge is 0.314 e. The first-order valence-corrected chi connectivity index (χ1v) is 7.37. The van der Waals surface area contributed by atoms with Gasteiger partial charge < -0.3 is 4.74 Å². The lowest BCUT2D eigenvalue weighted by molar-refractivity contribution is -0.385. The van der Waals surface area contributed by atoms with E-state index in [1.807, 2.05) is 28.7 Å². The van der Waals surface area contributed by atoms with Gasteiger partial charge in [-0.2, -0.15) is 5.26 Å². The van der Waals surface area contributed by atoms with Crippen molar-refractivity contribution >= 4 is 39.9 Å². The zero-order valence-electron chi connectivity index (χ0n) is 10.5. The summed E-state index contributed by atoms with van der Waals surface area (Å²) in [4.78, 5) is 10.6. The molecule has 0 heterocycles. The lowest BCUT2D eigenvalue weighted by atomic mass is 10.2. The predicted octanol–water partition coefficient (Wildman–Crippen LogP) is 4.60. The molecule has 0 saturated carbocycles. The molecule has 0 saturated heterocycles. The van der Waals surface area contributed by atoms with E-state index < -0.39 is 4.92 Å². The Morgan fingerprint density at radius 1 is 1.33 bits per heavy atom. The van der Waals surface area contributed by atoms with Crippen LogP contribution < -0.4 is 4.74 Å². The summed E-state index contributed by atoms with van der Waals surface area (Å²) in [6, 6.07) is 11.6. The van der Waals surface area contributed by atoms with Crippen LogP contribution in [0.5, 0.6) is 11.5 Å². The second-order valence-electron chi connectivity index (χ2n) is 4.05. The molecule has 0 aromatic heterocycles. The standard InChI is InChI=1S/C14H8ClIN2O3/c15-7-9-1-3-11(4-2-9)21-14-12(16)5-10(8-17)6-13(14)18(19)20/h1-6H,7H2. The summed E-state index contributed by atoms with van der Waals surface area (Å²) in [6.07, 6.45) is 0. The molecule has 0 aliphatic carbocycles. The summed E-state index contributed by atoms with van der Waals surface area (Å²) in [6.45, 7) is 0. The SMILES string of the molecule is N#Cc1cc(I)c(Oc2ccc(CCl)cc2)c([N+](=O)[O-])c1. The second kappa shape index (κ2) is 6.74. The van der Waals surface area contributed by atoms with Crippen LogP contribution in [-0.4, -0.2) is 4.92 Å². The van der Waals surface area contributed by atoms with Gasteiger partial charge in [0.25, 0.3) is 0 Å². The first kappa shape index (κ1) is 15.5. The van der Waals surface area contributed by atoms with Crippen molar-refractivity contribution in [3.05, 3.63) is 61.2 Å². The van der Waals surface area contributed by atoms with E-state index in [0.29, 0.717) is 15.2 Å². The van der Waals surface area contributed by atoms with Crippen LogP contribution in [0.15, 0.2) is 36.4 Å². The van der Waals surface area contributed by atoms with Crippen LogP contribution in [0.3, 0.4) is 0 Å². The lowest BCUT2D eigenvalue weighted by Gasteiger charge is -2.09. The third-order valence-electron chi connectivity index (χ3n) is 2.65. The van der Waals surface area contributed by atoms with E-state index in [4.69, 9.17) is 21.6 Å². The fraction of sp³-hybridized carbons (Fsp3) is 0.0714. The molecule has 7 heteroatoms. The van der Waals surface area contributed by atoms with Crippen LogP contribution in [-0.2, 0) is 5.88 Å². The van der Waals surface area contributed by atoms with Gasteiger partial charge in [0.05, 0.1) is 20.1 Å². The molecule has 0 bridgehead atoms. The van der Waals surface area contributed by atoms with E-state index in [9.17, 15) is 10.1 Å². The maximum Gasteiger partial charge on any atom is 0.314 e. The van der Waals surface area contributed by atoms with Gasteiger partial charge in [-0.3, -0.25) is 10.1 Å². The largest absolute Gasteiger partial charge is 0.449 e. The summed E-state index contributed by atoms with van der Waals surface area (Å²) in [5.74, 6) is 0.974. The van der Waals surface area contributed by atoms with Gasteiger partial charge in [-0.15, -0.1) is 11.6 Å². The number of nitro benzene ring substituents is 1. The molecule has 2 rings (SSSR count). The summed E-state index contributed by atoms with van der Waals surface area (Å²) >= 11 is 7.61. The summed E-state index contributed by atoms with van der Waals surface area (Å²) in [5.41, 5.74) is 0.906. The van der Waals surface area contributed by atoms with E-state index in [-0.39, 0.29) is 17.0 Å². The number of ether oxygens (including phenoxy) is 1. The number of benzene rings is 2. The quantitative estimate of drug-likeness (QED) is 0.317. The molecular formula is C14H8ClIN2O3. The fourth-order valence-electron chi connectivity index (χ4n) is 1.64. The van der Waals surface area contributed by atoms with Crippen molar-refractivity contribution in [2.75, 3.05) is 0 Å². The molecule has 0 fully saturated rings. The van der Waals surface area contributed by atoms with E-state index in [1.165, 1.54) is 12.1 Å². The van der Waals surface area contributed by atoms with Gasteiger partial charge in [0.1, 0.15) is 5.75 Å². The van der Waals surface area contributed by atoms with Crippen LogP contribution in [0.4, 0.5) is 5.69 Å². The molecule has 0 aliphatic rings. The second-order valence-corrected chi connectivity index (χ2v) is 5.48. The Morgan fingerprint density at radius 3 is 2.52 bits per heavy atom. The van der Waals surface area contributed by atoms with Gasteiger partial charge in [-0.05, 0) is 46.4 Å². The van der Waals surface area contributed by atoms with Crippen LogP contribution in [0.25, 0.3) is 0 Å². The monoisotopic (exact) mass is 414 g/mol. The number of alkyl halides is 1. The van der Waals surface area contributed by atoms with Crippen molar-refractivity contribution in [3.63, 3.8) is 0 Å². The number of hydrogen-bond acceptors (Lipinski definition) is 4. The Morgan fingerprint density at radius 2 is 2.00 bits per heavy atom. The average Bonchev–Trinajstić information content (AvgIpc) is 2.49. The van der Waals surface area contributed by atoms with Gasteiger partial charge in [0.2, 0.25) is 5.75 Å². The average molecular weight is 415 g/mol. The zero-order chi connectivity index (χ0) is 15.4. The van der Waals surface area contributed by atoms with Crippen molar-refractivity contribution in [1.82, 2.24) is 0 Å². The Bertz CT molecular complexity index is 726. The van der Waals surface area contributed by atoms with E-state index >= 15 is 0 Å². The van der Waals surface area contributed by atoms with Crippen molar-refractivity contribution in [2.24, 2.45) is 0 Å². The van der Waals surface area contributed by atoms with Crippen LogP contribution in [0, 0.1) is 25.0 Å². The highest BCUT2D eigenvalue weighted by atomic mass is 127. The molecule has 0 aliphatic heterocycles. The molecule has 0 N–H and O–H groups in total. The summed E-state index contributed by atoms with van der Waals surface area (Å²) in [5, 5.41) is 20.0. The van der Waals surface area contributed by atoms with Crippen molar-refractivity contribution < 1.29 is 9.66 Å². The summed E-state index contributed by atoms with van der Waals surface area (Å²) < 4.78 is 6.10. The van der Waals surface area contributed by atoms with Crippen molar-refractivity contribution in [3.8, 4) is 17.6 Å². The third kappa shape index (κ3) is 3.62. The number of nitrogens with zero attached hydrogens (tertiary/aromatic N) is 2. The Balaban J connectivity index is 2.43. The highest BCUT2D eigenvalue weighted by Gasteiger charge is 2.21. The minimum absolute atomic E-state index is 0.123. The number of nitriles is 1. The van der Waals surface area contributed by atoms with Crippen LogP contribution in [0.2, 0.25) is 0 Å². The number of halogens is 2. The first-order chi connectivity index (χ1) is 10.0. The van der Waals surface area contributed by atoms with E-state index in [1.54, 1.807) is 24.3 Å². The number of hydrogen-bond donors (Lipinski definition) is 0. The molecule has 0 unspecified atom stereocenters. The van der Waals surface area contributed by atoms with E-state index in [0.717, 1.165) is 5.56 Å². The Hall–Kier alpha value is -1.85. The molecule has 0 spiro atoms. The van der Waals surface area contributed by atoms with Gasteiger partial charge >= 0.3 is 5.69 Å². The Labute approximate surface area is 139 Å². The van der Waals surface area contributed by atoms with Gasteiger partial charge in [-0.1, -0.05) is 12.1 Å². The van der Waals surface area contributed by atoms with Gasteiger partial charge in [0.15, 0.2) is 0 Å². The minimum atomic E-state index is -0.564. The minimum Gasteiger partial charge on any atom is -0.449 e. The van der Waals surface area contributed by atoms with Crippen LogP contribution >= 0.6 is 34.2 Å². The normalized spacial score (nSPS) is 9.95. The predicted molar refractivity (Wildman–Crippen MR) is 86.6 cm³/mol. The number of rotatable bonds is 4. The molecule has 5 nitrogen and oxygen atoms in total. The maximum absolute atomic E-state index is 11.1. The molecule has 2 aromatic rings. The molecular weight excluding hydrogens is 407 g/mol. The molecule has 0 amide bonds. The highest BCUT2D eigenvalue weighted by Crippen LogP contribution is 2.36. The topological polar surface area (TPSA) is 76.2 Å². The highest BCUT2D eigenvalue weighted by molar-refractivity contribution is 14.1. The third-order valence-corrected chi connectivity index (χ3v) is 3.76. The molecule has 0 atom stereocenters. The van der Waals surface area contributed by atoms with Crippen LogP contribution in [0.1, 0.15) is 11.1 Å². The first-order valence-electron chi connectivity index (χ1n) is 5.76. The van der Waals surface area contributed by atoms with Gasteiger partial charge in [-0.25, -0.2) is 0 Å². The molecule has 2 aromatic carbocycles. The van der Waals surface area contributed by atoms with Crippen molar-refractivity contribution in [1.29, 1.82) is 5.26 Å². The zero-order valence-corrected chi connectivity index (χ0v) is 13.5. The number of nitro groups is 1. The molecule has 21 heavy (non-hydrogen) atoms. The summed E-state index contributed by atoms with van der Waals surface area (Å²) in [7, 11) is 0.